The minimum atomic E-state index is -4.72. The van der Waals surface area contributed by atoms with E-state index in [0.717, 1.165) is 24.4 Å². The maximum absolute atomic E-state index is 12.2. The highest BCUT2D eigenvalue weighted by atomic mass is 19.4. The average molecular weight is 222 g/mol. The van der Waals surface area contributed by atoms with Crippen LogP contribution < -0.4 is 5.32 Å². The van der Waals surface area contributed by atoms with Gasteiger partial charge in [-0.05, 0) is 31.3 Å². The number of fused-ring (bicyclic) bond motifs is 1. The molecule has 0 aromatic carbocycles. The van der Waals surface area contributed by atoms with Crippen LogP contribution in [-0.2, 0) is 4.79 Å². The third-order valence-corrected chi connectivity index (χ3v) is 3.20. The van der Waals surface area contributed by atoms with Crippen molar-refractivity contribution < 1.29 is 18.0 Å². The first-order valence-electron chi connectivity index (χ1n) is 5.05. The fourth-order valence-corrected chi connectivity index (χ4v) is 2.42. The normalized spacial score (nSPS) is 31.5. The van der Waals surface area contributed by atoms with Crippen molar-refractivity contribution in [3.63, 3.8) is 0 Å². The Kier molecular flexibility index (Phi) is 2.62. The van der Waals surface area contributed by atoms with Crippen molar-refractivity contribution >= 4 is 5.91 Å². The number of rotatable bonds is 0. The van der Waals surface area contributed by atoms with E-state index in [2.05, 4.69) is 5.32 Å². The number of hydrogen-bond acceptors (Lipinski definition) is 2. The van der Waals surface area contributed by atoms with Gasteiger partial charge in [-0.15, -0.1) is 0 Å². The Morgan fingerprint density at radius 2 is 1.93 bits per heavy atom. The van der Waals surface area contributed by atoms with Crippen LogP contribution in [-0.4, -0.2) is 43.2 Å². The van der Waals surface area contributed by atoms with Crippen molar-refractivity contribution in [2.24, 2.45) is 11.8 Å². The minimum Gasteiger partial charge on any atom is -0.334 e. The minimum absolute atomic E-state index is 0.199. The first kappa shape index (κ1) is 10.7. The predicted octanol–water partition coefficient (Wildman–Crippen LogP) is 0.617. The fraction of sp³-hybridized carbons (Fsp3) is 0.889. The van der Waals surface area contributed by atoms with E-state index >= 15 is 0 Å². The fourth-order valence-electron chi connectivity index (χ4n) is 2.42. The number of nitrogens with zero attached hydrogens (tertiary/aromatic N) is 1. The van der Waals surface area contributed by atoms with Crippen LogP contribution in [0.15, 0.2) is 0 Å². The molecule has 0 spiro atoms. The first-order valence-corrected chi connectivity index (χ1v) is 5.05. The molecule has 2 fully saturated rings. The van der Waals surface area contributed by atoms with Crippen LogP contribution in [0.5, 0.6) is 0 Å². The molecule has 0 aliphatic carbocycles. The maximum Gasteiger partial charge on any atom is 0.471 e. The number of alkyl halides is 3. The van der Waals surface area contributed by atoms with Gasteiger partial charge in [0.1, 0.15) is 0 Å². The molecule has 2 heterocycles. The van der Waals surface area contributed by atoms with E-state index in [-0.39, 0.29) is 24.9 Å². The molecular formula is C9H13F3N2O. The third kappa shape index (κ3) is 2.09. The van der Waals surface area contributed by atoms with Gasteiger partial charge in [-0.2, -0.15) is 13.2 Å². The van der Waals surface area contributed by atoms with E-state index in [1.165, 1.54) is 0 Å². The van der Waals surface area contributed by atoms with Crippen LogP contribution in [0.3, 0.4) is 0 Å². The van der Waals surface area contributed by atoms with E-state index in [9.17, 15) is 18.0 Å². The summed E-state index contributed by atoms with van der Waals surface area (Å²) in [4.78, 5) is 11.9. The van der Waals surface area contributed by atoms with E-state index in [1.54, 1.807) is 0 Å². The SMILES string of the molecule is O=C(N1C[C@H]2CCNC[C@H]2C1)C(F)(F)F. The van der Waals surface area contributed by atoms with Gasteiger partial charge in [0.25, 0.3) is 0 Å². The van der Waals surface area contributed by atoms with Gasteiger partial charge in [-0.1, -0.05) is 0 Å². The number of nitrogens with one attached hydrogen (secondary N) is 1. The van der Waals surface area contributed by atoms with Gasteiger partial charge in [0.05, 0.1) is 0 Å². The number of carbonyl (C=O) groups excluding carboxylic acids is 1. The Balaban J connectivity index is 2.00. The summed E-state index contributed by atoms with van der Waals surface area (Å²) in [6.45, 7) is 2.09. The van der Waals surface area contributed by atoms with Crippen LogP contribution in [0.4, 0.5) is 13.2 Å². The monoisotopic (exact) mass is 222 g/mol. The Bertz CT molecular complexity index is 253. The highest BCUT2D eigenvalue weighted by Crippen LogP contribution is 2.30. The Morgan fingerprint density at radius 1 is 1.27 bits per heavy atom. The van der Waals surface area contributed by atoms with Crippen molar-refractivity contribution in [1.29, 1.82) is 0 Å². The second kappa shape index (κ2) is 3.66. The van der Waals surface area contributed by atoms with Gasteiger partial charge in [0.15, 0.2) is 0 Å². The molecule has 2 aliphatic heterocycles. The molecule has 2 aliphatic rings. The quantitative estimate of drug-likeness (QED) is 0.651. The van der Waals surface area contributed by atoms with Gasteiger partial charge >= 0.3 is 12.1 Å². The van der Waals surface area contributed by atoms with Crippen molar-refractivity contribution in [3.05, 3.63) is 0 Å². The highest BCUT2D eigenvalue weighted by molar-refractivity contribution is 5.82. The summed E-state index contributed by atoms with van der Waals surface area (Å²) in [7, 11) is 0. The molecule has 0 aromatic rings. The summed E-state index contributed by atoms with van der Waals surface area (Å²) >= 11 is 0. The summed E-state index contributed by atoms with van der Waals surface area (Å²) in [5.41, 5.74) is 0. The van der Waals surface area contributed by atoms with Crippen LogP contribution in [0.2, 0.25) is 0 Å². The number of likely N-dealkylation sites (tertiary alicyclic amines) is 1. The first-order chi connectivity index (χ1) is 6.98. The third-order valence-electron chi connectivity index (χ3n) is 3.20. The molecule has 1 N–H and O–H groups in total. The van der Waals surface area contributed by atoms with Crippen molar-refractivity contribution in [2.45, 2.75) is 12.6 Å². The smallest absolute Gasteiger partial charge is 0.334 e. The highest BCUT2D eigenvalue weighted by Gasteiger charge is 2.47. The Labute approximate surface area is 85.6 Å². The summed E-state index contributed by atoms with van der Waals surface area (Å²) in [5.74, 6) is -1.24. The van der Waals surface area contributed by atoms with Crippen LogP contribution in [0, 0.1) is 11.8 Å². The Morgan fingerprint density at radius 3 is 2.53 bits per heavy atom. The van der Waals surface area contributed by atoms with Crippen molar-refractivity contribution in [2.75, 3.05) is 26.2 Å². The zero-order valence-corrected chi connectivity index (χ0v) is 8.18. The molecule has 1 amide bonds. The van der Waals surface area contributed by atoms with Gasteiger partial charge < -0.3 is 10.2 Å². The molecule has 2 atom stereocenters. The van der Waals surface area contributed by atoms with Crippen LogP contribution in [0.25, 0.3) is 0 Å². The zero-order valence-electron chi connectivity index (χ0n) is 8.18. The van der Waals surface area contributed by atoms with Crippen LogP contribution in [0.1, 0.15) is 6.42 Å². The number of amides is 1. The number of carbonyl (C=O) groups is 1. The lowest BCUT2D eigenvalue weighted by Gasteiger charge is -2.23. The molecule has 0 saturated carbocycles. The molecule has 15 heavy (non-hydrogen) atoms. The van der Waals surface area contributed by atoms with Gasteiger partial charge in [-0.25, -0.2) is 0 Å². The molecule has 86 valence electrons. The zero-order chi connectivity index (χ0) is 11.1. The maximum atomic E-state index is 12.2. The molecule has 3 nitrogen and oxygen atoms in total. The number of halogens is 3. The molecule has 6 heteroatoms. The molecule has 0 aromatic heterocycles. The predicted molar refractivity (Wildman–Crippen MR) is 47.1 cm³/mol. The van der Waals surface area contributed by atoms with Crippen molar-refractivity contribution in [3.8, 4) is 0 Å². The van der Waals surface area contributed by atoms with Gasteiger partial charge in [0.2, 0.25) is 0 Å². The van der Waals surface area contributed by atoms with E-state index in [1.807, 2.05) is 0 Å². The summed E-state index contributed by atoms with van der Waals surface area (Å²) in [6.07, 6.45) is -3.85. The molecule has 0 bridgehead atoms. The lowest BCUT2D eigenvalue weighted by atomic mass is 9.90. The summed E-state index contributed by atoms with van der Waals surface area (Å²) in [6, 6.07) is 0. The average Bonchev–Trinajstić information content (AvgIpc) is 2.58. The second-order valence-corrected chi connectivity index (χ2v) is 4.22. The second-order valence-electron chi connectivity index (χ2n) is 4.22. The standard InChI is InChI=1S/C9H13F3N2O/c10-9(11,12)8(15)14-4-6-1-2-13-3-7(6)5-14/h6-7,13H,1-5H2/t6-,7+/m1/s1. The molecule has 2 rings (SSSR count). The van der Waals surface area contributed by atoms with Gasteiger partial charge in [-0.3, -0.25) is 4.79 Å². The molecule has 2 saturated heterocycles. The number of hydrogen-bond donors (Lipinski definition) is 1. The van der Waals surface area contributed by atoms with Crippen LogP contribution >= 0.6 is 0 Å². The largest absolute Gasteiger partial charge is 0.471 e. The summed E-state index contributed by atoms with van der Waals surface area (Å²) < 4.78 is 36.5. The van der Waals surface area contributed by atoms with E-state index < -0.39 is 12.1 Å². The topological polar surface area (TPSA) is 32.3 Å². The number of piperidine rings is 1. The molecular weight excluding hydrogens is 209 g/mol. The summed E-state index contributed by atoms with van der Waals surface area (Å²) in [5, 5.41) is 3.14. The lowest BCUT2D eigenvalue weighted by Crippen LogP contribution is -2.40. The van der Waals surface area contributed by atoms with E-state index in [4.69, 9.17) is 0 Å². The lowest BCUT2D eigenvalue weighted by molar-refractivity contribution is -0.184. The Hall–Kier alpha value is -0.780. The molecule has 0 radical (unpaired) electrons. The molecule has 0 unspecified atom stereocenters. The van der Waals surface area contributed by atoms with E-state index in [0.29, 0.717) is 0 Å². The van der Waals surface area contributed by atoms with Crippen molar-refractivity contribution in [1.82, 2.24) is 10.2 Å². The van der Waals surface area contributed by atoms with Gasteiger partial charge in [0, 0.05) is 13.1 Å².